The van der Waals surface area contributed by atoms with Gasteiger partial charge in [-0.25, -0.2) is 0 Å². The number of benzene rings is 1. The Balaban J connectivity index is 3.34. The van der Waals surface area contributed by atoms with Crippen LogP contribution < -0.4 is 3.32 Å². The van der Waals surface area contributed by atoms with Crippen LogP contribution in [-0.4, -0.2) is 29.5 Å². The Morgan fingerprint density at radius 3 is 2.40 bits per heavy atom. The second-order valence-electron chi connectivity index (χ2n) is 1.79. The van der Waals surface area contributed by atoms with E-state index in [9.17, 15) is 0 Å². The molecule has 0 amide bonds. The zero-order valence-corrected chi connectivity index (χ0v) is 9.74. The molecule has 0 atom stereocenters. The summed E-state index contributed by atoms with van der Waals surface area (Å²) >= 11 is 12.2. The maximum atomic E-state index is 9.05. The molecule has 0 aliphatic rings. The molecule has 0 aliphatic carbocycles. The van der Waals surface area contributed by atoms with E-state index in [4.69, 9.17) is 28.3 Å². The van der Waals surface area contributed by atoms with Gasteiger partial charge in [-0.3, -0.25) is 0 Å². The van der Waals surface area contributed by atoms with Crippen molar-refractivity contribution in [1.29, 1.82) is 0 Å². The first-order valence-electron chi connectivity index (χ1n) is 2.55. The van der Waals surface area contributed by atoms with E-state index >= 15 is 0 Å². The molecule has 1 N–H and O–H groups in total. The Morgan fingerprint density at radius 2 is 1.90 bits per heavy atom. The van der Waals surface area contributed by atoms with Gasteiger partial charge >= 0.3 is 83.9 Å². The van der Waals surface area contributed by atoms with E-state index in [1.54, 1.807) is 6.07 Å². The van der Waals surface area contributed by atoms with Gasteiger partial charge in [-0.2, -0.15) is 0 Å². The van der Waals surface area contributed by atoms with Crippen molar-refractivity contribution in [2.75, 3.05) is 0 Å². The van der Waals surface area contributed by atoms with Crippen LogP contribution in [0.5, 0.6) is 5.75 Å². The molecule has 1 rings (SSSR count). The van der Waals surface area contributed by atoms with Crippen molar-refractivity contribution in [1.82, 2.24) is 0 Å². The van der Waals surface area contributed by atoms with Crippen molar-refractivity contribution in [3.05, 3.63) is 22.2 Å². The molecule has 0 aromatic heterocycles. The Hall–Kier alpha value is 0.470. The zero-order chi connectivity index (χ0) is 7.72. The molecule has 4 heteroatoms. The van der Waals surface area contributed by atoms with E-state index in [-0.39, 0.29) is 5.75 Å². The van der Waals surface area contributed by atoms with Crippen molar-refractivity contribution in [2.24, 2.45) is 0 Å². The second kappa shape index (κ2) is 3.24. The van der Waals surface area contributed by atoms with Crippen LogP contribution in [0.25, 0.3) is 0 Å². The van der Waals surface area contributed by atoms with Crippen LogP contribution in [0.15, 0.2) is 12.1 Å². The molecule has 2 radical (unpaired) electrons. The van der Waals surface area contributed by atoms with E-state index in [0.29, 0.717) is 10.0 Å². The molecular weight excluding hydrogens is 274 g/mol. The monoisotopic (exact) mass is 276 g/mol. The van der Waals surface area contributed by atoms with Gasteiger partial charge in [-0.15, -0.1) is 0 Å². The van der Waals surface area contributed by atoms with Gasteiger partial charge in [0.15, 0.2) is 0 Å². The molecule has 0 saturated heterocycles. The molecule has 0 spiro atoms. The first-order chi connectivity index (χ1) is 4.63. The van der Waals surface area contributed by atoms with Gasteiger partial charge in [0.1, 0.15) is 0 Å². The molecule has 1 aromatic rings. The van der Waals surface area contributed by atoms with Crippen molar-refractivity contribution in [3.63, 3.8) is 0 Å². The van der Waals surface area contributed by atoms with E-state index < -0.39 is 0 Å². The van der Waals surface area contributed by atoms with Gasteiger partial charge in [-0.1, -0.05) is 0 Å². The predicted molar refractivity (Wildman–Crippen MR) is 43.5 cm³/mol. The number of rotatable bonds is 0. The van der Waals surface area contributed by atoms with Gasteiger partial charge in [0, 0.05) is 0 Å². The number of aromatic hydroxyl groups is 1. The van der Waals surface area contributed by atoms with Gasteiger partial charge in [-0.05, 0) is 0 Å². The summed E-state index contributed by atoms with van der Waals surface area (Å²) in [6, 6.07) is 3.13. The molecule has 10 heavy (non-hydrogen) atoms. The summed E-state index contributed by atoms with van der Waals surface area (Å²) in [7, 11) is 0. The molecule has 1 aromatic carbocycles. The summed E-state index contributed by atoms with van der Waals surface area (Å²) in [5.41, 5.74) is 0. The fraction of sp³-hybridized carbons (Fsp3) is 0. The minimum atomic E-state index is 0.105. The third-order valence-electron chi connectivity index (χ3n) is 1.11. The van der Waals surface area contributed by atoms with Crippen LogP contribution in [0.4, 0.5) is 0 Å². The molecule has 0 aliphatic heterocycles. The first kappa shape index (κ1) is 8.57. The Bertz CT molecular complexity index is 235. The summed E-state index contributed by atoms with van der Waals surface area (Å²) in [5, 5.41) is 10.1. The Morgan fingerprint density at radius 1 is 1.30 bits per heavy atom. The van der Waals surface area contributed by atoms with Crippen LogP contribution in [0.2, 0.25) is 10.0 Å². The number of phenols is 1. The zero-order valence-electron chi connectivity index (χ0n) is 4.94. The molecule has 1 nitrogen and oxygen atoms in total. The third-order valence-corrected chi connectivity index (χ3v) is 4.59. The van der Waals surface area contributed by atoms with Crippen molar-refractivity contribution >= 4 is 50.9 Å². The van der Waals surface area contributed by atoms with Gasteiger partial charge in [0.05, 0.1) is 0 Å². The SMILES string of the molecule is Oc1ccc(Cl)[c]([In])c1Cl. The topological polar surface area (TPSA) is 20.2 Å². The van der Waals surface area contributed by atoms with E-state index in [2.05, 4.69) is 0 Å². The summed E-state index contributed by atoms with van der Waals surface area (Å²) in [4.78, 5) is 0. The molecule has 0 fully saturated rings. The first-order valence-corrected chi connectivity index (χ1v) is 4.95. The van der Waals surface area contributed by atoms with E-state index in [0.717, 1.165) is 27.7 Å². The van der Waals surface area contributed by atoms with Gasteiger partial charge < -0.3 is 0 Å². The Labute approximate surface area is 83.5 Å². The second-order valence-corrected chi connectivity index (χ2v) is 4.23. The average molecular weight is 277 g/mol. The average Bonchev–Trinajstić information content (AvgIpc) is 1.93. The van der Waals surface area contributed by atoms with Gasteiger partial charge in [0.25, 0.3) is 0 Å². The molecule has 0 unspecified atom stereocenters. The normalized spacial score (nSPS) is 9.80. The summed E-state index contributed by atoms with van der Waals surface area (Å²) in [6.45, 7) is 0. The van der Waals surface area contributed by atoms with Crippen molar-refractivity contribution in [2.45, 2.75) is 0 Å². The fourth-order valence-corrected chi connectivity index (χ4v) is 1.63. The van der Waals surface area contributed by atoms with Gasteiger partial charge in [0.2, 0.25) is 0 Å². The quantitative estimate of drug-likeness (QED) is 0.761. The van der Waals surface area contributed by atoms with Crippen LogP contribution in [0, 0.1) is 0 Å². The number of hydrogen-bond acceptors (Lipinski definition) is 1. The van der Waals surface area contributed by atoms with E-state index in [1.807, 2.05) is 0 Å². The van der Waals surface area contributed by atoms with Crippen molar-refractivity contribution < 1.29 is 5.11 Å². The standard InChI is InChI=1S/C6H3Cl2O.In/c7-4-1-2-6(9)5(8)3-4;/h1-2,9H;. The number of phenolic OH excluding ortho intramolecular Hbond substituents is 1. The summed E-state index contributed by atoms with van der Waals surface area (Å²) in [6.07, 6.45) is 0. The summed E-state index contributed by atoms with van der Waals surface area (Å²) < 4.78 is 0.841. The van der Waals surface area contributed by atoms with Crippen LogP contribution in [0.1, 0.15) is 0 Å². The molecule has 0 bridgehead atoms. The Kier molecular flexibility index (Phi) is 2.78. The molecule has 0 saturated carbocycles. The van der Waals surface area contributed by atoms with Crippen LogP contribution in [-0.2, 0) is 0 Å². The fourth-order valence-electron chi connectivity index (χ4n) is 0.558. The molecular formula is C6H3Cl2InO. The molecule has 50 valence electrons. The van der Waals surface area contributed by atoms with Crippen molar-refractivity contribution in [3.8, 4) is 5.75 Å². The third kappa shape index (κ3) is 1.55. The number of halogens is 2. The minimum absolute atomic E-state index is 0.105. The van der Waals surface area contributed by atoms with Crippen LogP contribution in [0.3, 0.4) is 0 Å². The number of hydrogen-bond donors (Lipinski definition) is 1. The predicted octanol–water partition coefficient (Wildman–Crippen LogP) is 1.49. The summed E-state index contributed by atoms with van der Waals surface area (Å²) in [5.74, 6) is 0.105. The maximum absolute atomic E-state index is 9.05. The molecule has 0 heterocycles. The van der Waals surface area contributed by atoms with E-state index in [1.165, 1.54) is 6.07 Å². The van der Waals surface area contributed by atoms with Crippen LogP contribution >= 0.6 is 23.2 Å².